The van der Waals surface area contributed by atoms with Gasteiger partial charge in [0.25, 0.3) is 0 Å². The second-order valence-electron chi connectivity index (χ2n) is 13.7. The average Bonchev–Trinajstić information content (AvgIpc) is 3.94. The van der Waals surface area contributed by atoms with E-state index in [2.05, 4.69) is 179 Å². The van der Waals surface area contributed by atoms with Gasteiger partial charge in [-0.1, -0.05) is 109 Å². The van der Waals surface area contributed by atoms with Crippen molar-refractivity contribution in [3.8, 4) is 22.5 Å². The third-order valence-electron chi connectivity index (χ3n) is 10.9. The Bertz CT molecular complexity index is 3190. The molecule has 0 aliphatic heterocycles. The molecule has 0 N–H and O–H groups in total. The normalized spacial score (nSPS) is 12.2. The number of nitrogens with zero attached hydrogens (tertiary/aromatic N) is 2. The maximum absolute atomic E-state index is 2.46. The number of fused-ring (bicyclic) bond motifs is 12. The SMILES string of the molecule is c1ccc2c(c1)sc1cc(-n3c4ccccc4c4c(-c5cccc6c5c5ccccc5n6-c5ccc6c(c5)sc5ccccc56)cccc43)ccc12. The highest BCUT2D eigenvalue weighted by atomic mass is 32.1. The Kier molecular flexibility index (Phi) is 5.84. The van der Waals surface area contributed by atoms with Crippen LogP contribution in [0.1, 0.15) is 0 Å². The highest BCUT2D eigenvalue weighted by molar-refractivity contribution is 7.26. The van der Waals surface area contributed by atoms with E-state index in [4.69, 9.17) is 0 Å². The van der Waals surface area contributed by atoms with Crippen molar-refractivity contribution >= 4 is 107 Å². The van der Waals surface area contributed by atoms with E-state index >= 15 is 0 Å². The van der Waals surface area contributed by atoms with E-state index in [0.717, 1.165) is 0 Å². The van der Waals surface area contributed by atoms with E-state index in [-0.39, 0.29) is 0 Å². The third kappa shape index (κ3) is 3.88. The van der Waals surface area contributed by atoms with E-state index in [1.807, 2.05) is 22.7 Å². The van der Waals surface area contributed by atoms with Gasteiger partial charge < -0.3 is 9.13 Å². The second kappa shape index (κ2) is 10.7. The van der Waals surface area contributed by atoms with Crippen molar-refractivity contribution in [1.29, 1.82) is 0 Å². The van der Waals surface area contributed by atoms with Crippen LogP contribution in [0.5, 0.6) is 0 Å². The first-order valence-electron chi connectivity index (χ1n) is 17.7. The minimum Gasteiger partial charge on any atom is -0.309 e. The van der Waals surface area contributed by atoms with Crippen LogP contribution in [-0.2, 0) is 0 Å². The topological polar surface area (TPSA) is 9.86 Å². The van der Waals surface area contributed by atoms with Crippen LogP contribution >= 0.6 is 22.7 Å². The molecule has 0 spiro atoms. The summed E-state index contributed by atoms with van der Waals surface area (Å²) < 4.78 is 10.2. The lowest BCUT2D eigenvalue weighted by Crippen LogP contribution is -1.94. The van der Waals surface area contributed by atoms with Crippen molar-refractivity contribution in [2.24, 2.45) is 0 Å². The molecule has 0 unspecified atom stereocenters. The molecule has 0 radical (unpaired) electrons. The zero-order valence-corrected chi connectivity index (χ0v) is 29.5. The van der Waals surface area contributed by atoms with Crippen molar-refractivity contribution in [3.05, 3.63) is 170 Å². The fourth-order valence-corrected chi connectivity index (χ4v) is 11.0. The van der Waals surface area contributed by atoms with Crippen molar-refractivity contribution in [3.63, 3.8) is 0 Å². The predicted octanol–water partition coefficient (Wildman–Crippen LogP) is 14.3. The van der Waals surface area contributed by atoms with Gasteiger partial charge >= 0.3 is 0 Å². The third-order valence-corrected chi connectivity index (χ3v) is 13.2. The van der Waals surface area contributed by atoms with Crippen LogP contribution in [0.25, 0.3) is 106 Å². The van der Waals surface area contributed by atoms with Crippen molar-refractivity contribution < 1.29 is 0 Å². The van der Waals surface area contributed by atoms with Crippen LogP contribution in [0, 0.1) is 0 Å². The Hall–Kier alpha value is -6.20. The van der Waals surface area contributed by atoms with Crippen LogP contribution in [-0.4, -0.2) is 9.13 Å². The average molecular weight is 697 g/mol. The highest BCUT2D eigenvalue weighted by Crippen LogP contribution is 2.45. The molecule has 0 saturated carbocycles. The van der Waals surface area contributed by atoms with E-state index < -0.39 is 0 Å². The van der Waals surface area contributed by atoms with Gasteiger partial charge in [-0.05, 0) is 71.8 Å². The van der Waals surface area contributed by atoms with Crippen LogP contribution in [0.15, 0.2) is 170 Å². The van der Waals surface area contributed by atoms with Gasteiger partial charge in [0.2, 0.25) is 0 Å². The first kappa shape index (κ1) is 28.5. The van der Waals surface area contributed by atoms with Gasteiger partial charge in [-0.3, -0.25) is 0 Å². The van der Waals surface area contributed by atoms with Gasteiger partial charge in [-0.25, -0.2) is 0 Å². The van der Waals surface area contributed by atoms with E-state index in [1.54, 1.807) is 0 Å². The standard InChI is InChI=1S/C48H28N2S2/c1-5-17-39-37(13-1)47-35(15-9-19-41(47)49(39)29-23-25-33-31-11-3-7-21-43(31)51-45(33)27-29)36-16-10-20-42-48(36)38-14-2-6-18-40(38)50(42)30-24-26-34-32-12-4-8-22-44(32)52-46(34)28-30/h1-28H. The molecule has 0 bridgehead atoms. The van der Waals surface area contributed by atoms with Crippen LogP contribution < -0.4 is 0 Å². The smallest absolute Gasteiger partial charge is 0.0547 e. The number of thiophene rings is 2. The quantitative estimate of drug-likeness (QED) is 0.174. The molecule has 242 valence electrons. The minimum absolute atomic E-state index is 1.19. The molecule has 4 heterocycles. The van der Waals surface area contributed by atoms with Gasteiger partial charge in [0, 0.05) is 73.3 Å². The van der Waals surface area contributed by atoms with Gasteiger partial charge in [-0.15, -0.1) is 22.7 Å². The molecule has 4 aromatic heterocycles. The lowest BCUT2D eigenvalue weighted by Gasteiger charge is -2.11. The van der Waals surface area contributed by atoms with Gasteiger partial charge in [0.1, 0.15) is 0 Å². The Morgan fingerprint density at radius 3 is 1.15 bits per heavy atom. The second-order valence-corrected chi connectivity index (χ2v) is 15.8. The number of hydrogen-bond acceptors (Lipinski definition) is 2. The molecule has 0 fully saturated rings. The maximum Gasteiger partial charge on any atom is 0.0547 e. The first-order chi connectivity index (χ1) is 25.8. The molecule has 0 aliphatic carbocycles. The lowest BCUT2D eigenvalue weighted by molar-refractivity contribution is 1.19. The molecule has 0 amide bonds. The summed E-state index contributed by atoms with van der Waals surface area (Å²) in [4.78, 5) is 0. The summed E-state index contributed by atoms with van der Waals surface area (Å²) in [5.74, 6) is 0. The summed E-state index contributed by atoms with van der Waals surface area (Å²) >= 11 is 3.75. The monoisotopic (exact) mass is 696 g/mol. The van der Waals surface area contributed by atoms with E-state index in [9.17, 15) is 0 Å². The number of benzene rings is 8. The minimum atomic E-state index is 1.19. The molecule has 12 rings (SSSR count). The Morgan fingerprint density at radius 2 is 0.673 bits per heavy atom. The maximum atomic E-state index is 2.46. The molecular formula is C48H28N2S2. The molecular weight excluding hydrogens is 669 g/mol. The summed E-state index contributed by atoms with van der Waals surface area (Å²) in [6.45, 7) is 0. The summed E-state index contributed by atoms with van der Waals surface area (Å²) in [5.41, 5.74) is 9.76. The number of rotatable bonds is 3. The fraction of sp³-hybridized carbons (Fsp3) is 0. The van der Waals surface area contributed by atoms with Crippen molar-refractivity contribution in [1.82, 2.24) is 9.13 Å². The van der Waals surface area contributed by atoms with Crippen LogP contribution in [0.2, 0.25) is 0 Å². The molecule has 4 heteroatoms. The van der Waals surface area contributed by atoms with Crippen LogP contribution in [0.3, 0.4) is 0 Å². The van der Waals surface area contributed by atoms with E-state index in [1.165, 1.54) is 106 Å². The molecule has 2 nitrogen and oxygen atoms in total. The predicted molar refractivity (Wildman–Crippen MR) is 226 cm³/mol. The van der Waals surface area contributed by atoms with Gasteiger partial charge in [0.15, 0.2) is 0 Å². The highest BCUT2D eigenvalue weighted by Gasteiger charge is 2.21. The number of aromatic nitrogens is 2. The summed E-state index contributed by atoms with van der Waals surface area (Å²) in [5, 5.41) is 10.4. The zero-order valence-electron chi connectivity index (χ0n) is 27.9. The summed E-state index contributed by atoms with van der Waals surface area (Å²) in [6.07, 6.45) is 0. The number of hydrogen-bond donors (Lipinski definition) is 0. The summed E-state index contributed by atoms with van der Waals surface area (Å²) in [6, 6.07) is 62.9. The Morgan fingerprint density at radius 1 is 0.288 bits per heavy atom. The van der Waals surface area contributed by atoms with Crippen molar-refractivity contribution in [2.75, 3.05) is 0 Å². The van der Waals surface area contributed by atoms with Crippen molar-refractivity contribution in [2.45, 2.75) is 0 Å². The summed E-state index contributed by atoms with van der Waals surface area (Å²) in [7, 11) is 0. The first-order valence-corrected chi connectivity index (χ1v) is 19.3. The fourth-order valence-electron chi connectivity index (χ4n) is 8.75. The van der Waals surface area contributed by atoms with Crippen LogP contribution in [0.4, 0.5) is 0 Å². The van der Waals surface area contributed by atoms with Gasteiger partial charge in [0.05, 0.1) is 22.1 Å². The molecule has 0 saturated heterocycles. The molecule has 0 aliphatic rings. The Balaban J connectivity index is 1.12. The molecule has 0 atom stereocenters. The molecule has 12 aromatic rings. The molecule has 8 aromatic carbocycles. The van der Waals surface area contributed by atoms with E-state index in [0.29, 0.717) is 0 Å². The van der Waals surface area contributed by atoms with Gasteiger partial charge in [-0.2, -0.15) is 0 Å². The number of para-hydroxylation sites is 2. The Labute approximate surface area is 306 Å². The lowest BCUT2D eigenvalue weighted by atomic mass is 9.95. The zero-order chi connectivity index (χ0) is 33.9. The molecule has 52 heavy (non-hydrogen) atoms. The largest absolute Gasteiger partial charge is 0.309 e.